The van der Waals surface area contributed by atoms with Crippen LogP contribution in [-0.4, -0.2) is 53.2 Å². The number of nitrogens with zero attached hydrogens (tertiary/aromatic N) is 4. The maximum atomic E-state index is 13.8. The van der Waals surface area contributed by atoms with Gasteiger partial charge in [0.25, 0.3) is 0 Å². The van der Waals surface area contributed by atoms with Gasteiger partial charge in [0.05, 0.1) is 18.7 Å². The molecule has 9 nitrogen and oxygen atoms in total. The Balaban J connectivity index is 2.66. The Morgan fingerprint density at radius 3 is 2.72 bits per heavy atom. The Labute approximate surface area is 146 Å². The summed E-state index contributed by atoms with van der Waals surface area (Å²) < 4.78 is 13.8. The molecule has 1 unspecified atom stereocenters. The van der Waals surface area contributed by atoms with Crippen LogP contribution in [0.25, 0.3) is 0 Å². The second-order valence-corrected chi connectivity index (χ2v) is 5.80. The lowest BCUT2D eigenvalue weighted by molar-refractivity contribution is -0.154. The lowest BCUT2D eigenvalue weighted by Gasteiger charge is -2.20. The minimum absolute atomic E-state index is 0.0972. The molecule has 1 aromatic heterocycles. The number of hydrogen-bond acceptors (Lipinski definition) is 7. The van der Waals surface area contributed by atoms with Gasteiger partial charge in [-0.05, 0) is 6.42 Å². The van der Waals surface area contributed by atoms with Gasteiger partial charge < -0.3 is 4.90 Å². The fraction of sp³-hybridized carbons (Fsp3) is 0.600. The van der Waals surface area contributed by atoms with Crippen LogP contribution in [0, 0.1) is 11.9 Å². The summed E-state index contributed by atoms with van der Waals surface area (Å²) in [4.78, 5) is 31.8. The number of nitrogens with one attached hydrogen (secondary N) is 2. The van der Waals surface area contributed by atoms with E-state index in [1.807, 2.05) is 6.92 Å². The van der Waals surface area contributed by atoms with Crippen molar-refractivity contribution in [1.29, 1.82) is 0 Å². The van der Waals surface area contributed by atoms with Gasteiger partial charge in [0.15, 0.2) is 0 Å². The highest BCUT2D eigenvalue weighted by atomic mass is 19.1. The Hall–Kier alpha value is -2.49. The highest BCUT2D eigenvalue weighted by Crippen LogP contribution is 2.15. The Bertz CT molecular complexity index is 572. The number of hydrogen-bond donors (Lipinski definition) is 3. The first-order valence-corrected chi connectivity index (χ1v) is 8.05. The second-order valence-electron chi connectivity index (χ2n) is 5.80. The van der Waals surface area contributed by atoms with Gasteiger partial charge in [-0.25, -0.2) is 10.0 Å². The van der Waals surface area contributed by atoms with Gasteiger partial charge >= 0.3 is 0 Å². The summed E-state index contributed by atoms with van der Waals surface area (Å²) in [5.74, 6) is -1.88. The molecular formula is C15H25FN6O3. The monoisotopic (exact) mass is 356 g/mol. The molecule has 25 heavy (non-hydrogen) atoms. The van der Waals surface area contributed by atoms with E-state index in [-0.39, 0.29) is 24.6 Å². The minimum atomic E-state index is -0.723. The fourth-order valence-electron chi connectivity index (χ4n) is 2.15. The predicted octanol–water partition coefficient (Wildman–Crippen LogP) is 1.17. The molecule has 0 aliphatic heterocycles. The summed E-state index contributed by atoms with van der Waals surface area (Å²) in [5, 5.41) is 9.75. The van der Waals surface area contributed by atoms with Crippen molar-refractivity contribution in [3.8, 4) is 0 Å². The van der Waals surface area contributed by atoms with Gasteiger partial charge in [-0.1, -0.05) is 26.2 Å². The Morgan fingerprint density at radius 1 is 1.44 bits per heavy atom. The summed E-state index contributed by atoms with van der Waals surface area (Å²) >= 11 is 0. The average Bonchev–Trinajstić information content (AvgIpc) is 2.58. The Morgan fingerprint density at radius 2 is 2.16 bits per heavy atom. The molecule has 0 saturated carbocycles. The number of amides is 2. The number of halogens is 1. The number of hydroxylamine groups is 2. The van der Waals surface area contributed by atoms with Gasteiger partial charge in [-0.15, -0.1) is 0 Å². The number of aromatic nitrogens is 2. The molecule has 0 aromatic carbocycles. The van der Waals surface area contributed by atoms with Crippen molar-refractivity contribution >= 4 is 24.0 Å². The normalized spacial score (nSPS) is 11.6. The molecule has 0 aliphatic carbocycles. The third-order valence-corrected chi connectivity index (χ3v) is 3.56. The molecule has 0 saturated heterocycles. The van der Waals surface area contributed by atoms with E-state index in [0.717, 1.165) is 19.3 Å². The van der Waals surface area contributed by atoms with Crippen LogP contribution in [0.3, 0.4) is 0 Å². The van der Waals surface area contributed by atoms with Crippen molar-refractivity contribution in [3.05, 3.63) is 12.1 Å². The van der Waals surface area contributed by atoms with E-state index >= 15 is 0 Å². The lowest BCUT2D eigenvalue weighted by atomic mass is 10.0. The van der Waals surface area contributed by atoms with Crippen molar-refractivity contribution in [3.63, 3.8) is 0 Å². The van der Waals surface area contributed by atoms with Crippen molar-refractivity contribution in [2.24, 2.45) is 5.92 Å². The molecule has 1 atom stereocenters. The number of hydrazine groups is 1. The van der Waals surface area contributed by atoms with Crippen molar-refractivity contribution in [1.82, 2.24) is 20.5 Å². The highest BCUT2D eigenvalue weighted by Gasteiger charge is 2.21. The first kappa shape index (κ1) is 20.6. The maximum absolute atomic E-state index is 13.8. The average molecular weight is 356 g/mol. The van der Waals surface area contributed by atoms with E-state index in [2.05, 4.69) is 20.8 Å². The molecule has 10 heteroatoms. The predicted molar refractivity (Wildman–Crippen MR) is 90.3 cm³/mol. The van der Waals surface area contributed by atoms with Crippen LogP contribution in [0.4, 0.5) is 16.0 Å². The van der Waals surface area contributed by atoms with Gasteiger partial charge in [-0.2, -0.15) is 9.37 Å². The molecule has 0 fully saturated rings. The first-order chi connectivity index (χ1) is 11.9. The summed E-state index contributed by atoms with van der Waals surface area (Å²) in [6, 6.07) is 0. The van der Waals surface area contributed by atoms with Crippen molar-refractivity contribution in [2.45, 2.75) is 32.6 Å². The SMILES string of the molecule is CCCCCC(CN(O)C=O)C(=O)NNc1ncc(N(C)C)c(F)n1. The van der Waals surface area contributed by atoms with Crippen molar-refractivity contribution in [2.75, 3.05) is 31.0 Å². The molecule has 140 valence electrons. The molecule has 1 heterocycles. The van der Waals surface area contributed by atoms with E-state index < -0.39 is 17.8 Å². The molecule has 1 rings (SSSR count). The van der Waals surface area contributed by atoms with Crippen LogP contribution < -0.4 is 15.8 Å². The first-order valence-electron chi connectivity index (χ1n) is 8.05. The van der Waals surface area contributed by atoms with Gasteiger partial charge in [0, 0.05) is 14.1 Å². The molecule has 0 aliphatic rings. The molecular weight excluding hydrogens is 331 g/mol. The number of anilines is 2. The third-order valence-electron chi connectivity index (χ3n) is 3.56. The Kier molecular flexibility index (Phi) is 8.54. The summed E-state index contributed by atoms with van der Waals surface area (Å²) in [6.45, 7) is 1.90. The lowest BCUT2D eigenvalue weighted by Crippen LogP contribution is -2.40. The largest absolute Gasteiger partial charge is 0.373 e. The number of rotatable bonds is 11. The van der Waals surface area contributed by atoms with Crippen LogP contribution in [0.1, 0.15) is 32.6 Å². The second kappa shape index (κ2) is 10.4. The number of carbonyl (C=O) groups excluding carboxylic acids is 2. The number of carbonyl (C=O) groups is 2. The molecule has 2 amide bonds. The molecule has 0 radical (unpaired) electrons. The molecule has 0 spiro atoms. The molecule has 0 bridgehead atoms. The summed E-state index contributed by atoms with van der Waals surface area (Å²) in [5.41, 5.74) is 5.05. The van der Waals surface area contributed by atoms with E-state index in [9.17, 15) is 19.2 Å². The van der Waals surface area contributed by atoms with Crippen LogP contribution >= 0.6 is 0 Å². The summed E-state index contributed by atoms with van der Waals surface area (Å²) in [7, 11) is 3.32. The smallest absolute Gasteiger partial charge is 0.244 e. The summed E-state index contributed by atoms with van der Waals surface area (Å²) in [6.07, 6.45) is 4.73. The van der Waals surface area contributed by atoms with E-state index in [1.165, 1.54) is 11.1 Å². The third kappa shape index (κ3) is 6.87. The fourth-order valence-corrected chi connectivity index (χ4v) is 2.15. The zero-order valence-corrected chi connectivity index (χ0v) is 14.7. The van der Waals surface area contributed by atoms with Crippen molar-refractivity contribution < 1.29 is 19.2 Å². The zero-order chi connectivity index (χ0) is 18.8. The van der Waals surface area contributed by atoms with Gasteiger partial charge in [0.2, 0.25) is 24.2 Å². The van der Waals surface area contributed by atoms with Crippen LogP contribution in [0.5, 0.6) is 0 Å². The van der Waals surface area contributed by atoms with E-state index in [4.69, 9.17) is 0 Å². The number of unbranched alkanes of at least 4 members (excludes halogenated alkanes) is 2. The van der Waals surface area contributed by atoms with Crippen LogP contribution in [0.15, 0.2) is 6.20 Å². The van der Waals surface area contributed by atoms with E-state index in [1.54, 1.807) is 14.1 Å². The standard InChI is InChI=1S/C15H25FN6O3/c1-4-5-6-7-11(9-22(25)10-23)14(24)19-20-15-17-8-12(21(2)3)13(16)18-15/h8,10-11,25H,4-7,9H2,1-3H3,(H,19,24)(H,17,18,20). The van der Waals surface area contributed by atoms with Gasteiger partial charge in [0.1, 0.15) is 5.69 Å². The minimum Gasteiger partial charge on any atom is -0.373 e. The maximum Gasteiger partial charge on any atom is 0.244 e. The highest BCUT2D eigenvalue weighted by molar-refractivity contribution is 5.80. The van der Waals surface area contributed by atoms with Crippen LogP contribution in [0.2, 0.25) is 0 Å². The zero-order valence-electron chi connectivity index (χ0n) is 14.7. The topological polar surface area (TPSA) is 111 Å². The van der Waals surface area contributed by atoms with Crippen LogP contribution in [-0.2, 0) is 9.59 Å². The quantitative estimate of drug-likeness (QED) is 0.179. The van der Waals surface area contributed by atoms with E-state index in [0.29, 0.717) is 11.5 Å². The molecule has 1 aromatic rings. The molecule has 3 N–H and O–H groups in total. The van der Waals surface area contributed by atoms with Gasteiger partial charge in [-0.3, -0.25) is 25.6 Å².